The largest absolute Gasteiger partial charge is 0.416 e. The fourth-order valence-electron chi connectivity index (χ4n) is 5.73. The minimum atomic E-state index is -4.44. The van der Waals surface area contributed by atoms with Crippen molar-refractivity contribution in [1.82, 2.24) is 15.6 Å². The Morgan fingerprint density at radius 2 is 1.80 bits per heavy atom. The van der Waals surface area contributed by atoms with Crippen molar-refractivity contribution < 1.29 is 27.9 Å². The summed E-state index contributed by atoms with van der Waals surface area (Å²) in [6, 6.07) is 17.3. The van der Waals surface area contributed by atoms with Crippen LogP contribution in [0.3, 0.4) is 0 Å². The Morgan fingerprint density at radius 1 is 1.05 bits per heavy atom. The fraction of sp³-hybridized carbons (Fsp3) is 0.353. The average Bonchev–Trinajstić information content (AvgIpc) is 3.63. The summed E-state index contributed by atoms with van der Waals surface area (Å²) in [5.41, 5.74) is 3.46. The van der Waals surface area contributed by atoms with Crippen LogP contribution in [0.25, 0.3) is 10.9 Å². The van der Waals surface area contributed by atoms with Crippen molar-refractivity contribution in [3.05, 3.63) is 101 Å². The molecule has 0 aliphatic carbocycles. The van der Waals surface area contributed by atoms with Crippen LogP contribution in [0.1, 0.15) is 65.2 Å². The molecule has 1 saturated heterocycles. The number of aromatic amines is 1. The molecule has 0 radical (unpaired) electrons. The first-order valence-corrected chi connectivity index (χ1v) is 14.9. The maximum Gasteiger partial charge on any atom is 0.416 e. The van der Waals surface area contributed by atoms with Crippen LogP contribution in [0.2, 0.25) is 0 Å². The van der Waals surface area contributed by atoms with Gasteiger partial charge in [-0.05, 0) is 53.6 Å². The zero-order valence-corrected chi connectivity index (χ0v) is 24.7. The number of rotatable bonds is 11. The highest BCUT2D eigenvalue weighted by Gasteiger charge is 2.31. The van der Waals surface area contributed by atoms with E-state index in [1.807, 2.05) is 42.6 Å². The quantitative estimate of drug-likeness (QED) is 0.170. The van der Waals surface area contributed by atoms with Gasteiger partial charge in [0, 0.05) is 43.2 Å². The molecule has 44 heavy (non-hydrogen) atoms. The van der Waals surface area contributed by atoms with Crippen LogP contribution in [0.4, 0.5) is 18.9 Å². The molecule has 0 spiro atoms. The highest BCUT2D eigenvalue weighted by molar-refractivity contribution is 6.08. The number of benzene rings is 3. The normalized spacial score (nSPS) is 15.2. The van der Waals surface area contributed by atoms with E-state index >= 15 is 0 Å². The first-order valence-electron chi connectivity index (χ1n) is 14.9. The van der Waals surface area contributed by atoms with Gasteiger partial charge in [-0.1, -0.05) is 62.4 Å². The number of carbonyl (C=O) groups excluding carboxylic acids is 2. The molecule has 4 aromatic rings. The minimum absolute atomic E-state index is 0.00813. The molecule has 7 nitrogen and oxygen atoms in total. The average molecular weight is 607 g/mol. The van der Waals surface area contributed by atoms with Gasteiger partial charge in [-0.25, -0.2) is 0 Å². The molecular formula is C34H37F3N4O3. The molecule has 1 aliphatic rings. The Labute approximate surface area is 254 Å². The fourth-order valence-corrected chi connectivity index (χ4v) is 5.73. The van der Waals surface area contributed by atoms with E-state index in [2.05, 4.69) is 29.5 Å². The van der Waals surface area contributed by atoms with Gasteiger partial charge in [-0.2, -0.15) is 13.2 Å². The molecule has 4 N–H and O–H groups in total. The number of aliphatic hydroxyl groups excluding tert-OH is 1. The summed E-state index contributed by atoms with van der Waals surface area (Å²) in [4.78, 5) is 31.5. The van der Waals surface area contributed by atoms with Crippen LogP contribution < -0.4 is 15.5 Å². The molecule has 1 aromatic heterocycles. The second kappa shape index (κ2) is 13.2. The van der Waals surface area contributed by atoms with Gasteiger partial charge in [0.05, 0.1) is 28.9 Å². The number of aliphatic hydroxyl groups is 1. The number of nitrogens with zero attached hydrogens (tertiary/aromatic N) is 1. The second-order valence-electron chi connectivity index (χ2n) is 11.6. The van der Waals surface area contributed by atoms with Crippen molar-refractivity contribution in [3.63, 3.8) is 0 Å². The first kappa shape index (κ1) is 31.3. The molecule has 3 aromatic carbocycles. The zero-order valence-electron chi connectivity index (χ0n) is 24.7. The van der Waals surface area contributed by atoms with Crippen molar-refractivity contribution >= 4 is 28.4 Å². The summed E-state index contributed by atoms with van der Waals surface area (Å²) < 4.78 is 39.4. The van der Waals surface area contributed by atoms with Crippen molar-refractivity contribution in [3.8, 4) is 0 Å². The van der Waals surface area contributed by atoms with Crippen molar-refractivity contribution in [2.45, 2.75) is 63.9 Å². The molecule has 0 bridgehead atoms. The van der Waals surface area contributed by atoms with E-state index in [0.29, 0.717) is 36.2 Å². The predicted molar refractivity (Wildman–Crippen MR) is 165 cm³/mol. The molecule has 0 unspecified atom stereocenters. The molecule has 10 heteroatoms. The Bertz CT molecular complexity index is 1620. The van der Waals surface area contributed by atoms with E-state index in [9.17, 15) is 27.9 Å². The summed E-state index contributed by atoms with van der Waals surface area (Å²) in [7, 11) is 0. The number of hydrogen-bond acceptors (Lipinski definition) is 4. The number of alkyl halides is 3. The standard InChI is InChI=1S/C34H37F3N4O3/c1-21(2)27-19-39-32-26(27)16-24(17-29(32)41-13-7-12-31(41)43)33(44)40-28(15-22-8-4-3-5-9-22)30(42)20-38-18-23-10-6-11-25(14-23)34(35,36)37/h3-6,8-11,14,16-17,19,21,28,30,38-39,42H,7,12-13,15,18,20H2,1-2H3,(H,40,44)/t28-,30+/m0/s1. The number of nitrogens with one attached hydrogen (secondary N) is 3. The third kappa shape index (κ3) is 7.14. The number of halogens is 3. The lowest BCUT2D eigenvalue weighted by atomic mass is 9.98. The Morgan fingerprint density at radius 3 is 2.48 bits per heavy atom. The van der Waals surface area contributed by atoms with Gasteiger partial charge in [0.15, 0.2) is 0 Å². The van der Waals surface area contributed by atoms with Gasteiger partial charge in [-0.3, -0.25) is 9.59 Å². The van der Waals surface area contributed by atoms with E-state index in [-0.39, 0.29) is 24.9 Å². The molecule has 2 heterocycles. The number of carbonyl (C=O) groups is 2. The Kier molecular flexibility index (Phi) is 9.41. The monoisotopic (exact) mass is 606 g/mol. The topological polar surface area (TPSA) is 97.5 Å². The van der Waals surface area contributed by atoms with Crippen LogP contribution in [0, 0.1) is 0 Å². The third-order valence-electron chi connectivity index (χ3n) is 8.07. The zero-order chi connectivity index (χ0) is 31.4. The van der Waals surface area contributed by atoms with Gasteiger partial charge in [0.25, 0.3) is 5.91 Å². The number of fused-ring (bicyclic) bond motifs is 1. The van der Waals surface area contributed by atoms with Crippen LogP contribution in [-0.2, 0) is 23.9 Å². The molecule has 2 atom stereocenters. The number of H-pyrrole nitrogens is 1. The van der Waals surface area contributed by atoms with E-state index in [4.69, 9.17) is 0 Å². The summed E-state index contributed by atoms with van der Waals surface area (Å²) in [5, 5.41) is 18.1. The number of amides is 2. The van der Waals surface area contributed by atoms with E-state index < -0.39 is 29.8 Å². The maximum atomic E-state index is 13.8. The minimum Gasteiger partial charge on any atom is -0.390 e. The molecule has 2 amide bonds. The lowest BCUT2D eigenvalue weighted by Gasteiger charge is -2.25. The summed E-state index contributed by atoms with van der Waals surface area (Å²) in [5.74, 6) is -0.206. The number of aromatic nitrogens is 1. The molecule has 1 aliphatic heterocycles. The molecule has 1 fully saturated rings. The Balaban J connectivity index is 1.38. The van der Waals surface area contributed by atoms with E-state index in [1.54, 1.807) is 17.0 Å². The van der Waals surface area contributed by atoms with Crippen LogP contribution in [0.5, 0.6) is 0 Å². The summed E-state index contributed by atoms with van der Waals surface area (Å²) in [6.45, 7) is 4.85. The molecule has 5 rings (SSSR count). The van der Waals surface area contributed by atoms with Gasteiger partial charge in [0.2, 0.25) is 5.91 Å². The number of anilines is 1. The second-order valence-corrected chi connectivity index (χ2v) is 11.6. The summed E-state index contributed by atoms with van der Waals surface area (Å²) >= 11 is 0. The van der Waals surface area contributed by atoms with Gasteiger partial charge in [-0.15, -0.1) is 0 Å². The maximum absolute atomic E-state index is 13.8. The lowest BCUT2D eigenvalue weighted by molar-refractivity contribution is -0.137. The molecule has 0 saturated carbocycles. The Hall–Kier alpha value is -4.15. The highest BCUT2D eigenvalue weighted by Crippen LogP contribution is 2.35. The summed E-state index contributed by atoms with van der Waals surface area (Å²) in [6.07, 6.45) is -2.05. The van der Waals surface area contributed by atoms with Crippen LogP contribution >= 0.6 is 0 Å². The number of hydrogen-bond donors (Lipinski definition) is 4. The lowest BCUT2D eigenvalue weighted by Crippen LogP contribution is -2.48. The van der Waals surface area contributed by atoms with Crippen molar-refractivity contribution in [2.75, 3.05) is 18.0 Å². The smallest absolute Gasteiger partial charge is 0.390 e. The van der Waals surface area contributed by atoms with E-state index in [0.717, 1.165) is 40.6 Å². The molecular weight excluding hydrogens is 569 g/mol. The van der Waals surface area contributed by atoms with Crippen LogP contribution in [-0.4, -0.2) is 47.1 Å². The third-order valence-corrected chi connectivity index (χ3v) is 8.07. The van der Waals surface area contributed by atoms with Gasteiger partial charge in [0.1, 0.15) is 0 Å². The first-order chi connectivity index (χ1) is 21.0. The predicted octanol–water partition coefficient (Wildman–Crippen LogP) is 5.93. The van der Waals surface area contributed by atoms with Crippen molar-refractivity contribution in [1.29, 1.82) is 0 Å². The molecule has 232 valence electrons. The van der Waals surface area contributed by atoms with Crippen LogP contribution in [0.15, 0.2) is 72.9 Å². The van der Waals surface area contributed by atoms with E-state index in [1.165, 1.54) is 6.07 Å². The SMILES string of the molecule is CC(C)c1c[nH]c2c(N3CCCC3=O)cc(C(=O)N[C@@H](Cc3ccccc3)[C@H](O)CNCc3cccc(C(F)(F)F)c3)cc12. The van der Waals surface area contributed by atoms with Gasteiger partial charge >= 0.3 is 6.18 Å². The highest BCUT2D eigenvalue weighted by atomic mass is 19.4. The van der Waals surface area contributed by atoms with Crippen molar-refractivity contribution in [2.24, 2.45) is 0 Å². The van der Waals surface area contributed by atoms with Gasteiger partial charge < -0.3 is 25.6 Å².